The predicted molar refractivity (Wildman–Crippen MR) is 107 cm³/mol. The Morgan fingerprint density at radius 3 is 2.72 bits per heavy atom. The lowest BCUT2D eigenvalue weighted by molar-refractivity contribution is -0.134. The molecule has 0 unspecified atom stereocenters. The number of hydrogen-bond acceptors (Lipinski definition) is 5. The first-order valence-corrected chi connectivity index (χ1v) is 10.2. The third-order valence-electron chi connectivity index (χ3n) is 5.59. The van der Waals surface area contributed by atoms with Crippen molar-refractivity contribution in [1.29, 1.82) is 0 Å². The van der Waals surface area contributed by atoms with Gasteiger partial charge in [0.2, 0.25) is 5.91 Å². The van der Waals surface area contributed by atoms with Crippen LogP contribution in [-0.2, 0) is 9.59 Å². The van der Waals surface area contributed by atoms with Crippen molar-refractivity contribution < 1.29 is 23.8 Å². The van der Waals surface area contributed by atoms with Gasteiger partial charge in [-0.3, -0.25) is 14.5 Å². The van der Waals surface area contributed by atoms with Crippen LogP contribution in [0.3, 0.4) is 0 Å². The van der Waals surface area contributed by atoms with E-state index in [1.807, 2.05) is 11.8 Å². The number of ether oxygens (including phenoxy) is 1. The van der Waals surface area contributed by atoms with E-state index in [2.05, 4.69) is 0 Å². The second-order valence-corrected chi connectivity index (χ2v) is 7.53. The minimum atomic E-state index is -0.964. The lowest BCUT2D eigenvalue weighted by atomic mass is 10.0. The summed E-state index contributed by atoms with van der Waals surface area (Å²) in [7, 11) is 0. The fourth-order valence-corrected chi connectivity index (χ4v) is 3.92. The maximum Gasteiger partial charge on any atom is 0.268 e. The van der Waals surface area contributed by atoms with Gasteiger partial charge in [-0.05, 0) is 55.5 Å². The second-order valence-electron chi connectivity index (χ2n) is 7.53. The molecule has 29 heavy (non-hydrogen) atoms. The minimum Gasteiger partial charge on any atom is -0.478 e. The Hall–Kier alpha value is -2.80. The maximum absolute atomic E-state index is 13.0. The van der Waals surface area contributed by atoms with E-state index in [9.17, 15) is 14.7 Å². The first kappa shape index (κ1) is 19.5. The number of amides is 2. The lowest BCUT2D eigenvalue weighted by Crippen LogP contribution is -2.51. The molecule has 2 amide bonds. The number of carbonyl (C=O) groups is 2. The molecule has 7 nitrogen and oxygen atoms in total. The number of nitrogens with zero attached hydrogens (tertiary/aromatic N) is 2. The van der Waals surface area contributed by atoms with Gasteiger partial charge >= 0.3 is 0 Å². The molecule has 1 saturated heterocycles. The van der Waals surface area contributed by atoms with E-state index in [1.165, 1.54) is 11.2 Å². The summed E-state index contributed by atoms with van der Waals surface area (Å²) in [6.07, 6.45) is 3.57. The van der Waals surface area contributed by atoms with Gasteiger partial charge in [0.05, 0.1) is 12.0 Å². The largest absolute Gasteiger partial charge is 0.478 e. The molecule has 7 heteroatoms. The zero-order chi connectivity index (χ0) is 20.4. The summed E-state index contributed by atoms with van der Waals surface area (Å²) < 4.78 is 11.2. The number of likely N-dealkylation sites (tertiary alicyclic amines) is 1. The number of aliphatic hydroxyl groups is 1. The van der Waals surface area contributed by atoms with Gasteiger partial charge in [-0.15, -0.1) is 0 Å². The van der Waals surface area contributed by atoms with E-state index in [0.717, 1.165) is 32.4 Å². The van der Waals surface area contributed by atoms with Gasteiger partial charge in [0.1, 0.15) is 24.2 Å². The molecule has 2 aromatic rings. The number of carbonyl (C=O) groups excluding carboxylic acids is 2. The molecule has 4 rings (SSSR count). The SMILES string of the molecule is CC[C@@H]1Oc2ccc([C@@H](O)c3ccco3)cc2N(CC(=O)N2CCCCC2)C1=O. The van der Waals surface area contributed by atoms with Crippen molar-refractivity contribution in [1.82, 2.24) is 4.90 Å². The molecular formula is C22H26N2O5. The molecule has 1 N–H and O–H groups in total. The Morgan fingerprint density at radius 1 is 1.24 bits per heavy atom. The molecule has 2 aliphatic rings. The summed E-state index contributed by atoms with van der Waals surface area (Å²) in [4.78, 5) is 29.2. The standard InChI is InChI=1S/C22H26N2O5/c1-2-17-22(27)24(14-20(25)23-10-4-3-5-11-23)16-13-15(8-9-18(16)29-17)21(26)19-7-6-12-28-19/h6-9,12-13,17,21,26H,2-5,10-11,14H2,1H3/t17-,21+/m0/s1. The molecule has 154 valence electrons. The van der Waals surface area contributed by atoms with Crippen molar-refractivity contribution in [2.75, 3.05) is 24.5 Å². The highest BCUT2D eigenvalue weighted by Crippen LogP contribution is 2.38. The van der Waals surface area contributed by atoms with Crippen LogP contribution in [0.15, 0.2) is 41.0 Å². The Morgan fingerprint density at radius 2 is 2.03 bits per heavy atom. The average molecular weight is 398 g/mol. The van der Waals surface area contributed by atoms with Gasteiger partial charge in [-0.2, -0.15) is 0 Å². The highest BCUT2D eigenvalue weighted by molar-refractivity contribution is 6.04. The van der Waals surface area contributed by atoms with Crippen molar-refractivity contribution in [3.05, 3.63) is 47.9 Å². The van der Waals surface area contributed by atoms with Crippen molar-refractivity contribution in [3.8, 4) is 5.75 Å². The highest BCUT2D eigenvalue weighted by Gasteiger charge is 2.36. The van der Waals surface area contributed by atoms with Crippen LogP contribution in [0.5, 0.6) is 5.75 Å². The fourth-order valence-electron chi connectivity index (χ4n) is 3.92. The molecular weight excluding hydrogens is 372 g/mol. The molecule has 0 radical (unpaired) electrons. The van der Waals surface area contributed by atoms with Crippen LogP contribution in [-0.4, -0.2) is 47.6 Å². The first-order chi connectivity index (χ1) is 14.1. The third kappa shape index (κ3) is 3.87. The Labute approximate surface area is 169 Å². The fraction of sp³-hybridized carbons (Fsp3) is 0.455. The predicted octanol–water partition coefficient (Wildman–Crippen LogP) is 2.88. The molecule has 0 spiro atoms. The lowest BCUT2D eigenvalue weighted by Gasteiger charge is -2.36. The smallest absolute Gasteiger partial charge is 0.268 e. The topological polar surface area (TPSA) is 83.2 Å². The molecule has 0 bridgehead atoms. The maximum atomic E-state index is 13.0. The summed E-state index contributed by atoms with van der Waals surface area (Å²) >= 11 is 0. The van der Waals surface area contributed by atoms with E-state index >= 15 is 0 Å². The zero-order valence-corrected chi connectivity index (χ0v) is 16.5. The van der Waals surface area contributed by atoms with Gasteiger partial charge in [0.15, 0.2) is 6.10 Å². The molecule has 1 aromatic heterocycles. The zero-order valence-electron chi connectivity index (χ0n) is 16.5. The Kier molecular flexibility index (Phi) is 5.58. The first-order valence-electron chi connectivity index (χ1n) is 10.2. The minimum absolute atomic E-state index is 0.0218. The van der Waals surface area contributed by atoms with Crippen LogP contribution in [0.2, 0.25) is 0 Å². The number of piperidine rings is 1. The summed E-state index contributed by atoms with van der Waals surface area (Å²) in [5.41, 5.74) is 1.08. The summed E-state index contributed by atoms with van der Waals surface area (Å²) in [6, 6.07) is 8.59. The second kappa shape index (κ2) is 8.29. The van der Waals surface area contributed by atoms with E-state index in [-0.39, 0.29) is 18.4 Å². The van der Waals surface area contributed by atoms with Crippen LogP contribution in [0.4, 0.5) is 5.69 Å². The molecule has 3 heterocycles. The summed E-state index contributed by atoms with van der Waals surface area (Å²) in [5, 5.41) is 10.6. The van der Waals surface area contributed by atoms with Crippen molar-refractivity contribution in [2.45, 2.75) is 44.8 Å². The number of rotatable bonds is 5. The molecule has 0 saturated carbocycles. The Balaban J connectivity index is 1.64. The van der Waals surface area contributed by atoms with Gasteiger partial charge in [-0.1, -0.05) is 13.0 Å². The number of fused-ring (bicyclic) bond motifs is 1. The normalized spacial score (nSPS) is 20.2. The van der Waals surface area contributed by atoms with Gasteiger partial charge < -0.3 is 19.2 Å². The quantitative estimate of drug-likeness (QED) is 0.837. The molecule has 0 aliphatic carbocycles. The molecule has 1 fully saturated rings. The van der Waals surface area contributed by atoms with Crippen LogP contribution in [0.1, 0.15) is 50.0 Å². The number of furan rings is 1. The van der Waals surface area contributed by atoms with Crippen LogP contribution < -0.4 is 9.64 Å². The van der Waals surface area contributed by atoms with Crippen LogP contribution >= 0.6 is 0 Å². The van der Waals surface area contributed by atoms with Gasteiger partial charge in [-0.25, -0.2) is 0 Å². The van der Waals surface area contributed by atoms with Crippen LogP contribution in [0, 0.1) is 0 Å². The molecule has 2 aliphatic heterocycles. The number of hydrogen-bond donors (Lipinski definition) is 1. The third-order valence-corrected chi connectivity index (χ3v) is 5.59. The Bertz CT molecular complexity index is 873. The van der Waals surface area contributed by atoms with E-state index in [0.29, 0.717) is 29.2 Å². The van der Waals surface area contributed by atoms with Crippen molar-refractivity contribution in [2.24, 2.45) is 0 Å². The van der Waals surface area contributed by atoms with Crippen molar-refractivity contribution >= 4 is 17.5 Å². The van der Waals surface area contributed by atoms with Crippen molar-refractivity contribution in [3.63, 3.8) is 0 Å². The van der Waals surface area contributed by atoms with E-state index < -0.39 is 12.2 Å². The summed E-state index contributed by atoms with van der Waals surface area (Å²) in [6.45, 7) is 3.33. The molecule has 1 aromatic carbocycles. The summed E-state index contributed by atoms with van der Waals surface area (Å²) in [5.74, 6) is 0.668. The number of anilines is 1. The van der Waals surface area contributed by atoms with Gasteiger partial charge in [0.25, 0.3) is 5.91 Å². The number of aliphatic hydroxyl groups excluding tert-OH is 1. The monoisotopic (exact) mass is 398 g/mol. The van der Waals surface area contributed by atoms with E-state index in [1.54, 1.807) is 30.3 Å². The number of benzene rings is 1. The molecule has 2 atom stereocenters. The van der Waals surface area contributed by atoms with Gasteiger partial charge in [0, 0.05) is 13.1 Å². The average Bonchev–Trinajstić information content (AvgIpc) is 3.30. The highest BCUT2D eigenvalue weighted by atomic mass is 16.5. The van der Waals surface area contributed by atoms with Crippen LogP contribution in [0.25, 0.3) is 0 Å². The van der Waals surface area contributed by atoms with E-state index in [4.69, 9.17) is 9.15 Å².